The lowest BCUT2D eigenvalue weighted by Gasteiger charge is -2.12. The summed E-state index contributed by atoms with van der Waals surface area (Å²) in [6.07, 6.45) is 5.51. The molecule has 1 aliphatic carbocycles. The van der Waals surface area contributed by atoms with E-state index in [0.29, 0.717) is 0 Å². The zero-order valence-electron chi connectivity index (χ0n) is 10.6. The molecule has 0 saturated carbocycles. The zero-order valence-corrected chi connectivity index (χ0v) is 10.6. The van der Waals surface area contributed by atoms with Crippen molar-refractivity contribution in [3.8, 4) is 11.1 Å². The molecule has 18 heavy (non-hydrogen) atoms. The Labute approximate surface area is 108 Å². The van der Waals surface area contributed by atoms with Gasteiger partial charge < -0.3 is 0 Å². The summed E-state index contributed by atoms with van der Waals surface area (Å²) in [6.45, 7) is 2.20. The molecule has 2 aromatic carbocycles. The number of hydrogen-bond donors (Lipinski definition) is 0. The predicted molar refractivity (Wildman–Crippen MR) is 78.2 cm³/mol. The standard InChI is InChI=1S/C18H16/c1-14-8-7-13-16(14)18-12-6-5-11-17(18)15-9-3-2-4-10-15/h2-12H,13H2,1H3. The van der Waals surface area contributed by atoms with Gasteiger partial charge in [-0.25, -0.2) is 0 Å². The number of rotatable bonds is 2. The highest BCUT2D eigenvalue weighted by Gasteiger charge is 2.12. The summed E-state index contributed by atoms with van der Waals surface area (Å²) in [5.41, 5.74) is 6.83. The molecule has 0 aliphatic heterocycles. The summed E-state index contributed by atoms with van der Waals surface area (Å²) in [7, 11) is 0. The van der Waals surface area contributed by atoms with Crippen molar-refractivity contribution in [2.24, 2.45) is 0 Å². The quantitative estimate of drug-likeness (QED) is 0.676. The lowest BCUT2D eigenvalue weighted by Crippen LogP contribution is -1.89. The van der Waals surface area contributed by atoms with Crippen LogP contribution in [0.4, 0.5) is 0 Å². The minimum Gasteiger partial charge on any atom is -0.0798 e. The van der Waals surface area contributed by atoms with Gasteiger partial charge in [-0.1, -0.05) is 66.7 Å². The van der Waals surface area contributed by atoms with Crippen molar-refractivity contribution in [3.63, 3.8) is 0 Å². The second-order valence-corrected chi connectivity index (χ2v) is 4.68. The second-order valence-electron chi connectivity index (χ2n) is 4.68. The first-order chi connectivity index (χ1) is 8.86. The van der Waals surface area contributed by atoms with Crippen molar-refractivity contribution in [2.75, 3.05) is 0 Å². The van der Waals surface area contributed by atoms with E-state index < -0.39 is 0 Å². The van der Waals surface area contributed by atoms with Crippen LogP contribution >= 0.6 is 0 Å². The smallest absolute Gasteiger partial charge is 0.00854 e. The molecule has 0 radical (unpaired) electrons. The number of benzene rings is 2. The van der Waals surface area contributed by atoms with E-state index in [1.54, 1.807) is 0 Å². The molecular weight excluding hydrogens is 216 g/mol. The van der Waals surface area contributed by atoms with Gasteiger partial charge in [-0.05, 0) is 41.2 Å². The molecule has 0 atom stereocenters. The molecule has 0 fully saturated rings. The van der Waals surface area contributed by atoms with Gasteiger partial charge in [-0.2, -0.15) is 0 Å². The first kappa shape index (κ1) is 11.0. The fourth-order valence-corrected chi connectivity index (χ4v) is 2.55. The summed E-state index contributed by atoms with van der Waals surface area (Å²) in [5, 5.41) is 0. The first-order valence-corrected chi connectivity index (χ1v) is 6.37. The number of hydrogen-bond acceptors (Lipinski definition) is 0. The maximum Gasteiger partial charge on any atom is -0.00854 e. The molecule has 0 spiro atoms. The predicted octanol–water partition coefficient (Wildman–Crippen LogP) is 5.09. The summed E-state index contributed by atoms with van der Waals surface area (Å²) in [4.78, 5) is 0. The van der Waals surface area contributed by atoms with Gasteiger partial charge in [0.2, 0.25) is 0 Å². The average Bonchev–Trinajstić information content (AvgIpc) is 2.86. The van der Waals surface area contributed by atoms with E-state index in [1.165, 1.54) is 27.8 Å². The van der Waals surface area contributed by atoms with E-state index in [9.17, 15) is 0 Å². The molecule has 2 aromatic rings. The van der Waals surface area contributed by atoms with E-state index in [-0.39, 0.29) is 0 Å². The van der Waals surface area contributed by atoms with E-state index in [2.05, 4.69) is 73.7 Å². The fourth-order valence-electron chi connectivity index (χ4n) is 2.55. The van der Waals surface area contributed by atoms with Crippen LogP contribution in [0.15, 0.2) is 72.3 Å². The molecular formula is C18H16. The van der Waals surface area contributed by atoms with Gasteiger partial charge in [0.05, 0.1) is 0 Å². The molecule has 0 amide bonds. The van der Waals surface area contributed by atoms with Gasteiger partial charge in [0, 0.05) is 0 Å². The van der Waals surface area contributed by atoms with Crippen LogP contribution in [0.2, 0.25) is 0 Å². The van der Waals surface area contributed by atoms with E-state index in [0.717, 1.165) is 6.42 Å². The molecule has 0 bridgehead atoms. The molecule has 0 heterocycles. The maximum atomic E-state index is 2.24. The highest BCUT2D eigenvalue weighted by atomic mass is 14.2. The Hall–Kier alpha value is -2.08. The third-order valence-corrected chi connectivity index (χ3v) is 3.50. The summed E-state index contributed by atoms with van der Waals surface area (Å²) in [5.74, 6) is 0. The summed E-state index contributed by atoms with van der Waals surface area (Å²) in [6, 6.07) is 19.3. The van der Waals surface area contributed by atoms with E-state index in [1.807, 2.05) is 0 Å². The molecule has 0 saturated heterocycles. The van der Waals surface area contributed by atoms with Crippen molar-refractivity contribution in [1.82, 2.24) is 0 Å². The molecule has 0 heteroatoms. The minimum atomic E-state index is 1.05. The molecule has 1 aliphatic rings. The fraction of sp³-hybridized carbons (Fsp3) is 0.111. The van der Waals surface area contributed by atoms with Crippen LogP contribution in [0.1, 0.15) is 18.9 Å². The van der Waals surface area contributed by atoms with Gasteiger partial charge in [0.15, 0.2) is 0 Å². The van der Waals surface area contributed by atoms with Crippen LogP contribution in [-0.4, -0.2) is 0 Å². The molecule has 88 valence electrons. The van der Waals surface area contributed by atoms with Gasteiger partial charge in [0.25, 0.3) is 0 Å². The molecule has 0 aromatic heterocycles. The largest absolute Gasteiger partial charge is 0.0798 e. The molecule has 0 nitrogen and oxygen atoms in total. The zero-order chi connectivity index (χ0) is 12.4. The van der Waals surface area contributed by atoms with Crippen LogP contribution in [0.25, 0.3) is 16.7 Å². The van der Waals surface area contributed by atoms with Crippen LogP contribution in [-0.2, 0) is 0 Å². The van der Waals surface area contributed by atoms with Crippen molar-refractivity contribution in [2.45, 2.75) is 13.3 Å². The summed E-state index contributed by atoms with van der Waals surface area (Å²) >= 11 is 0. The van der Waals surface area contributed by atoms with Crippen LogP contribution in [0.5, 0.6) is 0 Å². The average molecular weight is 232 g/mol. The Balaban J connectivity index is 2.15. The topological polar surface area (TPSA) is 0 Å². The lowest BCUT2D eigenvalue weighted by atomic mass is 9.92. The van der Waals surface area contributed by atoms with Gasteiger partial charge in [-0.3, -0.25) is 0 Å². The van der Waals surface area contributed by atoms with E-state index >= 15 is 0 Å². The van der Waals surface area contributed by atoms with Crippen molar-refractivity contribution in [1.29, 1.82) is 0 Å². The SMILES string of the molecule is CC1=C(c2ccccc2-c2ccccc2)CC=C1. The van der Waals surface area contributed by atoms with Gasteiger partial charge in [0.1, 0.15) is 0 Å². The maximum absolute atomic E-state index is 2.24. The van der Waals surface area contributed by atoms with Crippen molar-refractivity contribution < 1.29 is 0 Å². The third kappa shape index (κ3) is 1.91. The highest BCUT2D eigenvalue weighted by Crippen LogP contribution is 2.35. The highest BCUT2D eigenvalue weighted by molar-refractivity contribution is 5.85. The molecule has 0 unspecified atom stereocenters. The second kappa shape index (κ2) is 4.66. The summed E-state index contributed by atoms with van der Waals surface area (Å²) < 4.78 is 0. The molecule has 0 N–H and O–H groups in total. The van der Waals surface area contributed by atoms with E-state index in [4.69, 9.17) is 0 Å². The Kier molecular flexibility index (Phi) is 2.85. The van der Waals surface area contributed by atoms with Crippen LogP contribution < -0.4 is 0 Å². The monoisotopic (exact) mass is 232 g/mol. The Morgan fingerprint density at radius 1 is 0.778 bits per heavy atom. The minimum absolute atomic E-state index is 1.05. The van der Waals surface area contributed by atoms with Crippen LogP contribution in [0, 0.1) is 0 Å². The van der Waals surface area contributed by atoms with Crippen LogP contribution in [0.3, 0.4) is 0 Å². The normalized spacial score (nSPS) is 14.3. The van der Waals surface area contributed by atoms with Gasteiger partial charge in [-0.15, -0.1) is 0 Å². The van der Waals surface area contributed by atoms with Crippen molar-refractivity contribution in [3.05, 3.63) is 77.9 Å². The lowest BCUT2D eigenvalue weighted by molar-refractivity contribution is 1.40. The molecule has 3 rings (SSSR count). The van der Waals surface area contributed by atoms with Gasteiger partial charge >= 0.3 is 0 Å². The number of allylic oxidation sites excluding steroid dienone is 4. The third-order valence-electron chi connectivity index (χ3n) is 3.50. The first-order valence-electron chi connectivity index (χ1n) is 6.37. The Morgan fingerprint density at radius 3 is 2.11 bits per heavy atom. The van der Waals surface area contributed by atoms with Crippen molar-refractivity contribution >= 4 is 5.57 Å². The Morgan fingerprint density at radius 2 is 1.44 bits per heavy atom. The Bertz CT molecular complexity index is 615.